The Balaban J connectivity index is 1.36. The molecule has 2 N–H and O–H groups in total. The number of amides is 2. The summed E-state index contributed by atoms with van der Waals surface area (Å²) in [6, 6.07) is 12.5. The largest absolute Gasteiger partial charge is 0.495 e. The van der Waals surface area contributed by atoms with Gasteiger partial charge in [0.25, 0.3) is 0 Å². The van der Waals surface area contributed by atoms with Gasteiger partial charge in [0, 0.05) is 18.1 Å². The molecule has 0 unspecified atom stereocenters. The molecular formula is C21H27N3O3. The number of urea groups is 1. The van der Waals surface area contributed by atoms with Gasteiger partial charge in [-0.25, -0.2) is 4.79 Å². The number of ether oxygens (including phenoxy) is 1. The van der Waals surface area contributed by atoms with E-state index in [0.717, 1.165) is 25.1 Å². The van der Waals surface area contributed by atoms with Crippen molar-refractivity contribution in [2.45, 2.75) is 56.8 Å². The molecule has 0 saturated carbocycles. The van der Waals surface area contributed by atoms with Crippen LogP contribution >= 0.6 is 0 Å². The fourth-order valence-electron chi connectivity index (χ4n) is 4.53. The van der Waals surface area contributed by atoms with E-state index >= 15 is 0 Å². The van der Waals surface area contributed by atoms with Crippen LogP contribution in [0.1, 0.15) is 37.9 Å². The lowest BCUT2D eigenvalue weighted by Crippen LogP contribution is -2.56. The zero-order chi connectivity index (χ0) is 18.6. The van der Waals surface area contributed by atoms with Crippen LogP contribution in [0, 0.1) is 0 Å². The Hall–Kier alpha value is -2.47. The minimum absolute atomic E-state index is 0.165. The second kappa shape index (κ2) is 8.05. The summed E-state index contributed by atoms with van der Waals surface area (Å²) in [5.74, 6) is 1.69. The van der Waals surface area contributed by atoms with E-state index in [2.05, 4.69) is 15.5 Å². The summed E-state index contributed by atoms with van der Waals surface area (Å²) >= 11 is 0. The van der Waals surface area contributed by atoms with Crippen LogP contribution in [0.15, 0.2) is 47.1 Å². The molecule has 3 heterocycles. The van der Waals surface area contributed by atoms with E-state index in [9.17, 15) is 4.79 Å². The van der Waals surface area contributed by atoms with E-state index in [1.807, 2.05) is 36.4 Å². The number of carbonyl (C=O) groups is 1. The number of benzene rings is 1. The van der Waals surface area contributed by atoms with Gasteiger partial charge in [0.15, 0.2) is 0 Å². The number of hydrogen-bond donors (Lipinski definition) is 2. The van der Waals surface area contributed by atoms with E-state index in [0.29, 0.717) is 23.5 Å². The van der Waals surface area contributed by atoms with Gasteiger partial charge < -0.3 is 19.8 Å². The second-order valence-corrected chi connectivity index (χ2v) is 7.46. The number of furan rings is 1. The Morgan fingerprint density at radius 3 is 2.67 bits per heavy atom. The lowest BCUT2D eigenvalue weighted by molar-refractivity contribution is 0.0150. The smallest absolute Gasteiger partial charge is 0.319 e. The molecule has 6 heteroatoms. The summed E-state index contributed by atoms with van der Waals surface area (Å²) in [6.07, 6.45) is 7.34. The van der Waals surface area contributed by atoms with Gasteiger partial charge in [-0.05, 0) is 49.9 Å². The van der Waals surface area contributed by atoms with Gasteiger partial charge in [0.2, 0.25) is 0 Å². The molecule has 6 nitrogen and oxygen atoms in total. The first-order valence-corrected chi connectivity index (χ1v) is 9.71. The molecule has 2 fully saturated rings. The van der Waals surface area contributed by atoms with Crippen LogP contribution < -0.4 is 15.4 Å². The van der Waals surface area contributed by atoms with Gasteiger partial charge >= 0.3 is 6.03 Å². The van der Waals surface area contributed by atoms with Crippen molar-refractivity contribution in [3.63, 3.8) is 0 Å². The summed E-state index contributed by atoms with van der Waals surface area (Å²) in [5, 5.41) is 6.09. The summed E-state index contributed by atoms with van der Waals surface area (Å²) in [6.45, 7) is 0.864. The maximum absolute atomic E-state index is 12.5. The predicted octanol–water partition coefficient (Wildman–Crippen LogP) is 4.00. The number of para-hydroxylation sites is 2. The van der Waals surface area contributed by atoms with E-state index in [1.165, 1.54) is 19.3 Å². The molecule has 0 radical (unpaired) electrons. The van der Waals surface area contributed by atoms with E-state index < -0.39 is 0 Å². The first-order valence-electron chi connectivity index (χ1n) is 9.71. The average Bonchev–Trinajstić information content (AvgIpc) is 3.16. The molecule has 2 bridgehead atoms. The van der Waals surface area contributed by atoms with E-state index in [4.69, 9.17) is 9.15 Å². The quantitative estimate of drug-likeness (QED) is 0.836. The monoisotopic (exact) mass is 369 g/mol. The van der Waals surface area contributed by atoms with Crippen molar-refractivity contribution in [2.24, 2.45) is 0 Å². The zero-order valence-electron chi connectivity index (χ0n) is 15.7. The van der Waals surface area contributed by atoms with Crippen LogP contribution in [0.3, 0.4) is 0 Å². The molecule has 2 atom stereocenters. The fourth-order valence-corrected chi connectivity index (χ4v) is 4.53. The minimum atomic E-state index is -0.165. The fraction of sp³-hybridized carbons (Fsp3) is 0.476. The average molecular weight is 369 g/mol. The second-order valence-electron chi connectivity index (χ2n) is 7.46. The molecule has 2 aliphatic rings. The number of piperidine rings is 2. The number of nitrogens with one attached hydrogen (secondary N) is 2. The third kappa shape index (κ3) is 4.11. The van der Waals surface area contributed by atoms with Gasteiger partial charge in [-0.3, -0.25) is 4.90 Å². The first-order chi connectivity index (χ1) is 13.2. The van der Waals surface area contributed by atoms with Crippen molar-refractivity contribution in [3.8, 4) is 5.75 Å². The van der Waals surface area contributed by atoms with Crippen LogP contribution in [0.5, 0.6) is 5.75 Å². The Morgan fingerprint density at radius 1 is 1.19 bits per heavy atom. The standard InChI is InChI=1S/C21H27N3O3/c1-26-20-10-3-2-9-19(20)23-21(25)22-15-12-16-6-4-7-17(13-15)24(16)14-18-8-5-11-27-18/h2-3,5,8-11,15-17H,4,6-7,12-14H2,1H3,(H2,22,23,25)/t16-,17-/m1/s1. The Morgan fingerprint density at radius 2 is 1.96 bits per heavy atom. The van der Waals surface area contributed by atoms with Crippen molar-refractivity contribution in [1.82, 2.24) is 10.2 Å². The third-order valence-electron chi connectivity index (χ3n) is 5.73. The highest BCUT2D eigenvalue weighted by atomic mass is 16.5. The molecule has 1 aromatic heterocycles. The van der Waals surface area contributed by atoms with Crippen LogP contribution in [0.4, 0.5) is 10.5 Å². The van der Waals surface area contributed by atoms with Crippen LogP contribution in [-0.4, -0.2) is 36.2 Å². The predicted molar refractivity (Wildman–Crippen MR) is 104 cm³/mol. The summed E-state index contributed by atoms with van der Waals surface area (Å²) in [5.41, 5.74) is 0.688. The summed E-state index contributed by atoms with van der Waals surface area (Å²) < 4.78 is 10.9. The highest BCUT2D eigenvalue weighted by Gasteiger charge is 2.38. The lowest BCUT2D eigenvalue weighted by atomic mass is 9.81. The van der Waals surface area contributed by atoms with Gasteiger partial charge in [-0.1, -0.05) is 18.6 Å². The van der Waals surface area contributed by atoms with Crippen molar-refractivity contribution in [2.75, 3.05) is 12.4 Å². The highest BCUT2D eigenvalue weighted by molar-refractivity contribution is 5.91. The molecule has 1 aromatic carbocycles. The number of methoxy groups -OCH3 is 1. The molecule has 0 spiro atoms. The van der Waals surface area contributed by atoms with Crippen molar-refractivity contribution in [3.05, 3.63) is 48.4 Å². The maximum Gasteiger partial charge on any atom is 0.319 e. The molecule has 2 aromatic rings. The first kappa shape index (κ1) is 17.9. The number of carbonyl (C=O) groups excluding carboxylic acids is 1. The van der Waals surface area contributed by atoms with Gasteiger partial charge in [-0.15, -0.1) is 0 Å². The van der Waals surface area contributed by atoms with Crippen molar-refractivity contribution >= 4 is 11.7 Å². The molecule has 144 valence electrons. The van der Waals surface area contributed by atoms with Gasteiger partial charge in [-0.2, -0.15) is 0 Å². The normalized spacial score (nSPS) is 25.0. The Labute approximate surface area is 159 Å². The summed E-state index contributed by atoms with van der Waals surface area (Å²) in [7, 11) is 1.61. The van der Waals surface area contributed by atoms with E-state index in [1.54, 1.807) is 13.4 Å². The molecule has 27 heavy (non-hydrogen) atoms. The minimum Gasteiger partial charge on any atom is -0.495 e. The number of nitrogens with zero attached hydrogens (tertiary/aromatic N) is 1. The number of rotatable bonds is 5. The van der Waals surface area contributed by atoms with Gasteiger partial charge in [0.05, 0.1) is 25.6 Å². The Bertz CT molecular complexity index is 748. The topological polar surface area (TPSA) is 66.7 Å². The maximum atomic E-state index is 12.5. The molecule has 4 rings (SSSR count). The molecule has 2 aliphatic heterocycles. The van der Waals surface area contributed by atoms with Crippen LogP contribution in [0.2, 0.25) is 0 Å². The van der Waals surface area contributed by atoms with Crippen LogP contribution in [0.25, 0.3) is 0 Å². The molecule has 2 amide bonds. The molecular weight excluding hydrogens is 342 g/mol. The summed E-state index contributed by atoms with van der Waals surface area (Å²) in [4.78, 5) is 15.1. The number of anilines is 1. The van der Waals surface area contributed by atoms with Crippen LogP contribution in [-0.2, 0) is 6.54 Å². The number of hydrogen-bond acceptors (Lipinski definition) is 4. The highest BCUT2D eigenvalue weighted by Crippen LogP contribution is 2.35. The Kier molecular flexibility index (Phi) is 5.34. The third-order valence-corrected chi connectivity index (χ3v) is 5.73. The van der Waals surface area contributed by atoms with Gasteiger partial charge in [0.1, 0.15) is 11.5 Å². The molecule has 2 saturated heterocycles. The SMILES string of the molecule is COc1ccccc1NC(=O)NC1C[C@H]2CCC[C@H](C1)N2Cc1ccco1. The van der Waals surface area contributed by atoms with E-state index in [-0.39, 0.29) is 12.1 Å². The van der Waals surface area contributed by atoms with Crippen molar-refractivity contribution < 1.29 is 13.9 Å². The molecule has 0 aliphatic carbocycles. The number of fused-ring (bicyclic) bond motifs is 2. The zero-order valence-corrected chi connectivity index (χ0v) is 15.7. The lowest BCUT2D eigenvalue weighted by Gasteiger charge is -2.48. The van der Waals surface area contributed by atoms with Crippen molar-refractivity contribution in [1.29, 1.82) is 0 Å².